The van der Waals surface area contributed by atoms with Crippen molar-refractivity contribution in [3.63, 3.8) is 0 Å². The van der Waals surface area contributed by atoms with Gasteiger partial charge in [-0.2, -0.15) is 0 Å². The van der Waals surface area contributed by atoms with E-state index in [9.17, 15) is 0 Å². The molecule has 17 heavy (non-hydrogen) atoms. The fraction of sp³-hybridized carbons (Fsp3) is 0.500. The molecule has 0 radical (unpaired) electrons. The van der Waals surface area contributed by atoms with Crippen molar-refractivity contribution in [1.29, 1.82) is 0 Å². The second kappa shape index (κ2) is 7.42. The fourth-order valence-electron chi connectivity index (χ4n) is 1.36. The van der Waals surface area contributed by atoms with Gasteiger partial charge in [0.2, 0.25) is 0 Å². The number of nitrogens with one attached hydrogen (secondary N) is 1. The van der Waals surface area contributed by atoms with Crippen LogP contribution in [0.4, 0.5) is 5.69 Å². The smallest absolute Gasteiger partial charge is 0.135 e. The zero-order valence-electron chi connectivity index (χ0n) is 10.7. The first-order chi connectivity index (χ1) is 8.13. The number of methoxy groups -OCH3 is 1. The summed E-state index contributed by atoms with van der Waals surface area (Å²) in [5, 5.41) is 0. The first-order valence-electron chi connectivity index (χ1n) is 5.61. The van der Waals surface area contributed by atoms with Crippen molar-refractivity contribution in [2.45, 2.75) is 11.3 Å². The minimum absolute atomic E-state index is 0.721. The second-order valence-electron chi connectivity index (χ2n) is 4.06. The van der Waals surface area contributed by atoms with Crippen LogP contribution in [0.15, 0.2) is 23.1 Å². The molecule has 1 rings (SSSR count). The van der Waals surface area contributed by atoms with E-state index in [4.69, 9.17) is 10.5 Å². The number of hydrogen-bond acceptors (Lipinski definition) is 5. The van der Waals surface area contributed by atoms with Crippen molar-refractivity contribution in [3.05, 3.63) is 18.2 Å². The summed E-state index contributed by atoms with van der Waals surface area (Å²) in [4.78, 5) is 3.24. The summed E-state index contributed by atoms with van der Waals surface area (Å²) in [5.41, 5.74) is 6.42. The minimum Gasteiger partial charge on any atom is -0.495 e. The first kappa shape index (κ1) is 14.2. The molecule has 0 aliphatic heterocycles. The Morgan fingerprint density at radius 1 is 1.41 bits per heavy atom. The summed E-state index contributed by atoms with van der Waals surface area (Å²) < 4.78 is 8.59. The van der Waals surface area contributed by atoms with E-state index in [0.717, 1.165) is 35.8 Å². The van der Waals surface area contributed by atoms with E-state index >= 15 is 0 Å². The lowest BCUT2D eigenvalue weighted by Crippen LogP contribution is -2.17. The van der Waals surface area contributed by atoms with E-state index in [1.54, 1.807) is 19.1 Å². The lowest BCUT2D eigenvalue weighted by molar-refractivity contribution is 0.400. The lowest BCUT2D eigenvalue weighted by atomic mass is 10.3. The zero-order valence-corrected chi connectivity index (χ0v) is 11.5. The van der Waals surface area contributed by atoms with E-state index in [0.29, 0.717) is 0 Å². The predicted molar refractivity (Wildman–Crippen MR) is 74.4 cm³/mol. The molecule has 1 aromatic carbocycles. The molecule has 0 spiro atoms. The van der Waals surface area contributed by atoms with Crippen LogP contribution in [0.2, 0.25) is 0 Å². The Balaban J connectivity index is 2.36. The van der Waals surface area contributed by atoms with Gasteiger partial charge in [0, 0.05) is 18.3 Å². The minimum atomic E-state index is 0.721. The van der Waals surface area contributed by atoms with Crippen molar-refractivity contribution in [2.75, 3.05) is 40.0 Å². The highest BCUT2D eigenvalue weighted by molar-refractivity contribution is 7.97. The third kappa shape index (κ3) is 5.30. The van der Waals surface area contributed by atoms with Gasteiger partial charge in [-0.15, -0.1) is 0 Å². The van der Waals surface area contributed by atoms with Crippen LogP contribution >= 0.6 is 11.9 Å². The number of nitrogen functional groups attached to an aromatic ring is 1. The average Bonchev–Trinajstić information content (AvgIpc) is 2.29. The SMILES string of the molecule is COc1cc(N)ccc1SNCCCN(C)C. The Morgan fingerprint density at radius 2 is 2.18 bits per heavy atom. The van der Waals surface area contributed by atoms with Gasteiger partial charge in [0.05, 0.1) is 12.0 Å². The molecule has 3 N–H and O–H groups in total. The van der Waals surface area contributed by atoms with E-state index in [2.05, 4.69) is 23.7 Å². The topological polar surface area (TPSA) is 50.5 Å². The molecule has 1 aromatic rings. The number of anilines is 1. The van der Waals surface area contributed by atoms with Crippen molar-refractivity contribution in [2.24, 2.45) is 0 Å². The number of rotatable bonds is 7. The average molecular weight is 255 g/mol. The molecule has 0 amide bonds. The normalized spacial score (nSPS) is 10.8. The highest BCUT2D eigenvalue weighted by Gasteiger charge is 2.03. The molecule has 0 heterocycles. The maximum atomic E-state index is 5.70. The van der Waals surface area contributed by atoms with E-state index < -0.39 is 0 Å². The lowest BCUT2D eigenvalue weighted by Gasteiger charge is -2.11. The zero-order chi connectivity index (χ0) is 12.7. The number of nitrogens with zero attached hydrogens (tertiary/aromatic N) is 1. The highest BCUT2D eigenvalue weighted by Crippen LogP contribution is 2.28. The third-order valence-corrected chi connectivity index (χ3v) is 3.16. The van der Waals surface area contributed by atoms with Gasteiger partial charge in [0.15, 0.2) is 0 Å². The van der Waals surface area contributed by atoms with Crippen molar-refractivity contribution >= 4 is 17.6 Å². The van der Waals surface area contributed by atoms with Gasteiger partial charge >= 0.3 is 0 Å². The Hall–Kier alpha value is -0.910. The van der Waals surface area contributed by atoms with Crippen LogP contribution in [0.3, 0.4) is 0 Å². The van der Waals surface area contributed by atoms with Crippen LogP contribution in [0, 0.1) is 0 Å². The molecule has 0 saturated carbocycles. The van der Waals surface area contributed by atoms with E-state index in [1.807, 2.05) is 18.2 Å². The Morgan fingerprint density at radius 3 is 2.82 bits per heavy atom. The van der Waals surface area contributed by atoms with Crippen LogP contribution in [0.25, 0.3) is 0 Å². The maximum Gasteiger partial charge on any atom is 0.135 e. The Bertz CT molecular complexity index is 345. The predicted octanol–water partition coefficient (Wildman–Crippen LogP) is 1.83. The number of benzene rings is 1. The maximum absolute atomic E-state index is 5.70. The second-order valence-corrected chi connectivity index (χ2v) is 5.00. The van der Waals surface area contributed by atoms with Gasteiger partial charge < -0.3 is 15.4 Å². The standard InChI is InChI=1S/C12H21N3OS/c1-15(2)8-4-7-14-17-12-6-5-10(13)9-11(12)16-3/h5-6,9,14H,4,7-8,13H2,1-3H3. The highest BCUT2D eigenvalue weighted by atomic mass is 32.2. The molecular weight excluding hydrogens is 234 g/mol. The summed E-state index contributed by atoms with van der Waals surface area (Å²) in [6.07, 6.45) is 1.12. The van der Waals surface area contributed by atoms with E-state index in [1.165, 1.54) is 0 Å². The van der Waals surface area contributed by atoms with Gasteiger partial charge in [-0.25, -0.2) is 0 Å². The van der Waals surface area contributed by atoms with Gasteiger partial charge in [-0.05, 0) is 51.1 Å². The molecule has 4 nitrogen and oxygen atoms in total. The van der Waals surface area contributed by atoms with Gasteiger partial charge in [-0.3, -0.25) is 4.72 Å². The molecule has 5 heteroatoms. The summed E-state index contributed by atoms with van der Waals surface area (Å²) in [6, 6.07) is 5.69. The molecule has 0 fully saturated rings. The van der Waals surface area contributed by atoms with Crippen LogP contribution in [0.5, 0.6) is 5.75 Å². The number of nitrogens with two attached hydrogens (primary N) is 1. The third-order valence-electron chi connectivity index (χ3n) is 2.25. The number of ether oxygens (including phenoxy) is 1. The monoisotopic (exact) mass is 255 g/mol. The quantitative estimate of drug-likeness (QED) is 0.442. The number of hydrogen-bond donors (Lipinski definition) is 2. The molecule has 0 unspecified atom stereocenters. The summed E-state index contributed by atoms with van der Waals surface area (Å²) in [7, 11) is 5.82. The van der Waals surface area contributed by atoms with Crippen molar-refractivity contribution < 1.29 is 4.74 Å². The summed E-state index contributed by atoms with van der Waals surface area (Å²) >= 11 is 1.58. The van der Waals surface area contributed by atoms with Crippen LogP contribution in [-0.2, 0) is 0 Å². The van der Waals surface area contributed by atoms with Crippen molar-refractivity contribution in [3.8, 4) is 5.75 Å². The van der Waals surface area contributed by atoms with Gasteiger partial charge in [0.25, 0.3) is 0 Å². The van der Waals surface area contributed by atoms with Crippen LogP contribution in [0.1, 0.15) is 6.42 Å². The molecule has 0 atom stereocenters. The van der Waals surface area contributed by atoms with Gasteiger partial charge in [-0.1, -0.05) is 0 Å². The molecule has 0 bridgehead atoms. The largest absolute Gasteiger partial charge is 0.495 e. The van der Waals surface area contributed by atoms with Crippen LogP contribution < -0.4 is 15.2 Å². The molecular formula is C12H21N3OS. The molecule has 0 saturated heterocycles. The van der Waals surface area contributed by atoms with E-state index in [-0.39, 0.29) is 0 Å². The van der Waals surface area contributed by atoms with Gasteiger partial charge in [0.1, 0.15) is 5.75 Å². The first-order valence-corrected chi connectivity index (χ1v) is 6.43. The van der Waals surface area contributed by atoms with Crippen molar-refractivity contribution in [1.82, 2.24) is 9.62 Å². The van der Waals surface area contributed by atoms with Crippen LogP contribution in [-0.4, -0.2) is 39.2 Å². The fourth-order valence-corrected chi connectivity index (χ4v) is 2.15. The molecule has 96 valence electrons. The Labute approximate surface area is 108 Å². The summed E-state index contributed by atoms with van der Waals surface area (Å²) in [6.45, 7) is 2.06. The molecule has 0 aromatic heterocycles. The molecule has 0 aliphatic rings. The molecule has 0 aliphatic carbocycles. The Kier molecular flexibility index (Phi) is 6.18. The summed E-state index contributed by atoms with van der Waals surface area (Å²) in [5.74, 6) is 0.815.